The van der Waals surface area contributed by atoms with E-state index in [1.807, 2.05) is 48.5 Å². The van der Waals surface area contributed by atoms with Gasteiger partial charge >= 0.3 is 6.03 Å². The van der Waals surface area contributed by atoms with E-state index >= 15 is 0 Å². The lowest BCUT2D eigenvalue weighted by atomic mass is 10.1. The number of hydrogen-bond donors (Lipinski definition) is 2. The van der Waals surface area contributed by atoms with E-state index in [1.165, 1.54) is 5.56 Å². The standard InChI is InChI=1S/C15H14Br2N2O/c16-12-5-7-13(8-6-12)19-15(20)18-10-9-11-3-1-2-4-14(11)17/h1-8H,9-10H2,(H2,18,19,20). The molecule has 3 nitrogen and oxygen atoms in total. The average Bonchev–Trinajstić information content (AvgIpc) is 2.43. The molecule has 0 bridgehead atoms. The van der Waals surface area contributed by atoms with Gasteiger partial charge < -0.3 is 10.6 Å². The first kappa shape index (κ1) is 15.1. The third kappa shape index (κ3) is 4.65. The van der Waals surface area contributed by atoms with Crippen LogP contribution in [0, 0.1) is 0 Å². The fraction of sp³-hybridized carbons (Fsp3) is 0.133. The quantitative estimate of drug-likeness (QED) is 0.779. The fourth-order valence-corrected chi connectivity index (χ4v) is 2.47. The predicted molar refractivity (Wildman–Crippen MR) is 89.0 cm³/mol. The van der Waals surface area contributed by atoms with Gasteiger partial charge in [0.05, 0.1) is 0 Å². The number of anilines is 1. The zero-order valence-electron chi connectivity index (χ0n) is 10.7. The van der Waals surface area contributed by atoms with Crippen molar-refractivity contribution in [2.24, 2.45) is 0 Å². The second-order valence-electron chi connectivity index (χ2n) is 4.23. The number of urea groups is 1. The van der Waals surface area contributed by atoms with E-state index in [4.69, 9.17) is 0 Å². The molecular formula is C15H14Br2N2O. The van der Waals surface area contributed by atoms with Gasteiger partial charge in [-0.25, -0.2) is 4.79 Å². The minimum absolute atomic E-state index is 0.195. The molecule has 0 saturated carbocycles. The van der Waals surface area contributed by atoms with Crippen molar-refractivity contribution in [1.82, 2.24) is 5.32 Å². The maximum Gasteiger partial charge on any atom is 0.319 e. The van der Waals surface area contributed by atoms with E-state index < -0.39 is 0 Å². The summed E-state index contributed by atoms with van der Waals surface area (Å²) in [6.07, 6.45) is 0.787. The molecule has 2 aromatic rings. The minimum atomic E-state index is -0.195. The van der Waals surface area contributed by atoms with Crippen LogP contribution in [-0.2, 0) is 6.42 Å². The summed E-state index contributed by atoms with van der Waals surface area (Å²) in [4.78, 5) is 11.7. The highest BCUT2D eigenvalue weighted by Gasteiger charge is 2.02. The van der Waals surface area contributed by atoms with Crippen molar-refractivity contribution in [3.8, 4) is 0 Å². The van der Waals surface area contributed by atoms with Gasteiger partial charge in [-0.2, -0.15) is 0 Å². The predicted octanol–water partition coefficient (Wildman–Crippen LogP) is 4.58. The van der Waals surface area contributed by atoms with E-state index in [-0.39, 0.29) is 6.03 Å². The number of rotatable bonds is 4. The van der Waals surface area contributed by atoms with E-state index in [2.05, 4.69) is 42.5 Å². The van der Waals surface area contributed by atoms with Crippen LogP contribution in [0.4, 0.5) is 10.5 Å². The average molecular weight is 398 g/mol. The first-order valence-corrected chi connectivity index (χ1v) is 7.77. The minimum Gasteiger partial charge on any atom is -0.338 e. The maximum atomic E-state index is 11.7. The molecular weight excluding hydrogens is 384 g/mol. The second-order valence-corrected chi connectivity index (χ2v) is 6.00. The van der Waals surface area contributed by atoms with Crippen LogP contribution in [-0.4, -0.2) is 12.6 Å². The van der Waals surface area contributed by atoms with Gasteiger partial charge in [-0.15, -0.1) is 0 Å². The van der Waals surface area contributed by atoms with Gasteiger partial charge in [0, 0.05) is 21.2 Å². The number of carbonyl (C=O) groups excluding carboxylic acids is 1. The number of benzene rings is 2. The summed E-state index contributed by atoms with van der Waals surface area (Å²) in [7, 11) is 0. The molecule has 5 heteroatoms. The summed E-state index contributed by atoms with van der Waals surface area (Å²) in [6, 6.07) is 15.3. The molecule has 0 atom stereocenters. The van der Waals surface area contributed by atoms with E-state index in [1.54, 1.807) is 0 Å². The molecule has 2 amide bonds. The molecule has 0 radical (unpaired) electrons. The maximum absolute atomic E-state index is 11.7. The Labute approximate surface area is 135 Å². The molecule has 2 N–H and O–H groups in total. The lowest BCUT2D eigenvalue weighted by Gasteiger charge is -2.08. The van der Waals surface area contributed by atoms with Crippen molar-refractivity contribution in [3.05, 3.63) is 63.0 Å². The molecule has 0 aromatic heterocycles. The van der Waals surface area contributed by atoms with Crippen molar-refractivity contribution < 1.29 is 4.79 Å². The molecule has 2 aromatic carbocycles. The summed E-state index contributed by atoms with van der Waals surface area (Å²) in [5, 5.41) is 5.63. The lowest BCUT2D eigenvalue weighted by Crippen LogP contribution is -2.30. The van der Waals surface area contributed by atoms with Crippen LogP contribution >= 0.6 is 31.9 Å². The Morgan fingerprint density at radius 1 is 1.00 bits per heavy atom. The number of halogens is 2. The summed E-state index contributed by atoms with van der Waals surface area (Å²) in [5.41, 5.74) is 1.95. The van der Waals surface area contributed by atoms with Crippen LogP contribution in [0.1, 0.15) is 5.56 Å². The highest BCUT2D eigenvalue weighted by molar-refractivity contribution is 9.10. The molecule has 20 heavy (non-hydrogen) atoms. The van der Waals surface area contributed by atoms with E-state index in [9.17, 15) is 4.79 Å². The van der Waals surface area contributed by atoms with Crippen LogP contribution < -0.4 is 10.6 Å². The highest BCUT2D eigenvalue weighted by Crippen LogP contribution is 2.16. The zero-order chi connectivity index (χ0) is 14.4. The third-order valence-electron chi connectivity index (χ3n) is 2.74. The van der Waals surface area contributed by atoms with Crippen LogP contribution in [0.25, 0.3) is 0 Å². The Morgan fingerprint density at radius 3 is 2.40 bits per heavy atom. The van der Waals surface area contributed by atoms with E-state index in [0.717, 1.165) is 21.1 Å². The van der Waals surface area contributed by atoms with Gasteiger partial charge in [0.15, 0.2) is 0 Å². The first-order valence-electron chi connectivity index (χ1n) is 6.19. The Kier molecular flexibility index (Phi) is 5.61. The van der Waals surface area contributed by atoms with Gasteiger partial charge in [-0.1, -0.05) is 50.1 Å². The lowest BCUT2D eigenvalue weighted by molar-refractivity contribution is 0.252. The van der Waals surface area contributed by atoms with Gasteiger partial charge in [-0.05, 0) is 42.3 Å². The molecule has 0 aliphatic heterocycles. The number of amides is 2. The molecule has 2 rings (SSSR count). The largest absolute Gasteiger partial charge is 0.338 e. The molecule has 0 fully saturated rings. The molecule has 0 aliphatic carbocycles. The first-order chi connectivity index (χ1) is 9.65. The number of carbonyl (C=O) groups is 1. The highest BCUT2D eigenvalue weighted by atomic mass is 79.9. The normalized spacial score (nSPS) is 10.1. The zero-order valence-corrected chi connectivity index (χ0v) is 13.9. The van der Waals surface area contributed by atoms with Crippen molar-refractivity contribution in [2.45, 2.75) is 6.42 Å². The molecule has 104 valence electrons. The van der Waals surface area contributed by atoms with Crippen molar-refractivity contribution in [3.63, 3.8) is 0 Å². The number of nitrogens with one attached hydrogen (secondary N) is 2. The van der Waals surface area contributed by atoms with Crippen molar-refractivity contribution in [1.29, 1.82) is 0 Å². The fourth-order valence-electron chi connectivity index (χ4n) is 1.72. The molecule has 0 heterocycles. The topological polar surface area (TPSA) is 41.1 Å². The van der Waals surface area contributed by atoms with Gasteiger partial charge in [0.25, 0.3) is 0 Å². The Hall–Kier alpha value is -1.33. The Bertz CT molecular complexity index is 585. The molecule has 0 spiro atoms. The van der Waals surface area contributed by atoms with Crippen LogP contribution in [0.2, 0.25) is 0 Å². The smallest absolute Gasteiger partial charge is 0.319 e. The molecule has 0 aliphatic rings. The Balaban J connectivity index is 1.78. The van der Waals surface area contributed by atoms with E-state index in [0.29, 0.717) is 6.54 Å². The summed E-state index contributed by atoms with van der Waals surface area (Å²) in [6.45, 7) is 0.588. The molecule has 0 unspecified atom stereocenters. The Morgan fingerprint density at radius 2 is 1.70 bits per heavy atom. The second kappa shape index (κ2) is 7.45. The van der Waals surface area contributed by atoms with Gasteiger partial charge in [0.1, 0.15) is 0 Å². The van der Waals surface area contributed by atoms with Crippen LogP contribution in [0.5, 0.6) is 0 Å². The van der Waals surface area contributed by atoms with Crippen molar-refractivity contribution in [2.75, 3.05) is 11.9 Å². The van der Waals surface area contributed by atoms with Gasteiger partial charge in [0.2, 0.25) is 0 Å². The monoisotopic (exact) mass is 396 g/mol. The summed E-state index contributed by atoms with van der Waals surface area (Å²) in [5.74, 6) is 0. The van der Waals surface area contributed by atoms with Crippen LogP contribution in [0.3, 0.4) is 0 Å². The van der Waals surface area contributed by atoms with Crippen LogP contribution in [0.15, 0.2) is 57.5 Å². The summed E-state index contributed by atoms with van der Waals surface area (Å²) < 4.78 is 2.05. The number of hydrogen-bond acceptors (Lipinski definition) is 1. The summed E-state index contributed by atoms with van der Waals surface area (Å²) >= 11 is 6.84. The van der Waals surface area contributed by atoms with Gasteiger partial charge in [-0.3, -0.25) is 0 Å². The third-order valence-corrected chi connectivity index (χ3v) is 4.04. The SMILES string of the molecule is O=C(NCCc1ccccc1Br)Nc1ccc(Br)cc1. The molecule has 0 saturated heterocycles. The van der Waals surface area contributed by atoms with Crippen molar-refractivity contribution >= 4 is 43.6 Å².